The Hall–Kier alpha value is -0.750. The van der Waals surface area contributed by atoms with Gasteiger partial charge in [0, 0.05) is 12.3 Å². The highest BCUT2D eigenvalue weighted by Crippen LogP contribution is 2.22. The fourth-order valence-corrected chi connectivity index (χ4v) is 1.98. The normalized spacial score (nSPS) is 20.2. The standard InChI is InChI=1S/C7H13N3O2S/c1-9(2)5-6(10(11)12)7-8-3-4-13-7/h8H,3-5H2,1-2H3/b7-6-. The lowest BCUT2D eigenvalue weighted by Gasteiger charge is -2.08. The summed E-state index contributed by atoms with van der Waals surface area (Å²) in [5.74, 6) is 0.917. The molecule has 0 aromatic rings. The van der Waals surface area contributed by atoms with Crippen LogP contribution in [-0.2, 0) is 0 Å². The zero-order valence-corrected chi connectivity index (χ0v) is 8.56. The lowest BCUT2D eigenvalue weighted by Crippen LogP contribution is -2.22. The van der Waals surface area contributed by atoms with Crippen LogP contribution in [0.2, 0.25) is 0 Å². The van der Waals surface area contributed by atoms with Gasteiger partial charge in [0.15, 0.2) is 0 Å². The van der Waals surface area contributed by atoms with Gasteiger partial charge in [-0.2, -0.15) is 0 Å². The number of thioether (sulfide) groups is 1. The minimum atomic E-state index is -0.305. The number of hydrogen-bond acceptors (Lipinski definition) is 5. The summed E-state index contributed by atoms with van der Waals surface area (Å²) < 4.78 is 0. The topological polar surface area (TPSA) is 58.4 Å². The fraction of sp³-hybridized carbons (Fsp3) is 0.714. The van der Waals surface area contributed by atoms with Crippen molar-refractivity contribution in [1.29, 1.82) is 0 Å². The van der Waals surface area contributed by atoms with Gasteiger partial charge in [-0.3, -0.25) is 15.0 Å². The predicted molar refractivity (Wildman–Crippen MR) is 53.0 cm³/mol. The van der Waals surface area contributed by atoms with E-state index in [2.05, 4.69) is 5.32 Å². The minimum Gasteiger partial charge on any atom is -0.374 e. The van der Waals surface area contributed by atoms with Gasteiger partial charge in [0.05, 0.1) is 11.5 Å². The maximum atomic E-state index is 10.7. The summed E-state index contributed by atoms with van der Waals surface area (Å²) in [5.41, 5.74) is 0.271. The van der Waals surface area contributed by atoms with Gasteiger partial charge in [-0.1, -0.05) is 0 Å². The molecule has 1 saturated heterocycles. The molecule has 6 heteroatoms. The van der Waals surface area contributed by atoms with Gasteiger partial charge in [-0.05, 0) is 14.1 Å². The molecule has 0 bridgehead atoms. The molecule has 0 atom stereocenters. The molecule has 0 unspecified atom stereocenters. The van der Waals surface area contributed by atoms with E-state index in [1.165, 1.54) is 11.8 Å². The Morgan fingerprint density at radius 1 is 1.77 bits per heavy atom. The van der Waals surface area contributed by atoms with E-state index in [0.717, 1.165) is 17.3 Å². The van der Waals surface area contributed by atoms with Gasteiger partial charge < -0.3 is 5.32 Å². The zero-order chi connectivity index (χ0) is 9.84. The van der Waals surface area contributed by atoms with Crippen molar-refractivity contribution in [1.82, 2.24) is 10.2 Å². The van der Waals surface area contributed by atoms with Crippen molar-refractivity contribution in [2.75, 3.05) is 32.9 Å². The van der Waals surface area contributed by atoms with Gasteiger partial charge in [0.1, 0.15) is 5.03 Å². The number of nitro groups is 1. The Morgan fingerprint density at radius 3 is 2.85 bits per heavy atom. The van der Waals surface area contributed by atoms with Crippen LogP contribution in [0.25, 0.3) is 0 Å². The Balaban J connectivity index is 2.76. The van der Waals surface area contributed by atoms with E-state index in [1.807, 2.05) is 14.1 Å². The summed E-state index contributed by atoms with van der Waals surface area (Å²) in [6, 6.07) is 0. The van der Waals surface area contributed by atoms with Crippen LogP contribution >= 0.6 is 11.8 Å². The lowest BCUT2D eigenvalue weighted by atomic mass is 10.4. The van der Waals surface area contributed by atoms with Crippen molar-refractivity contribution in [3.05, 3.63) is 20.8 Å². The first kappa shape index (κ1) is 10.3. The zero-order valence-electron chi connectivity index (χ0n) is 7.74. The molecule has 74 valence electrons. The smallest absolute Gasteiger partial charge is 0.289 e. The highest BCUT2D eigenvalue weighted by molar-refractivity contribution is 8.03. The summed E-state index contributed by atoms with van der Waals surface area (Å²) in [6.45, 7) is 1.20. The molecule has 1 heterocycles. The first-order valence-electron chi connectivity index (χ1n) is 4.00. The molecule has 0 aromatic heterocycles. The van der Waals surface area contributed by atoms with Gasteiger partial charge in [-0.25, -0.2) is 0 Å². The van der Waals surface area contributed by atoms with E-state index in [9.17, 15) is 10.1 Å². The molecule has 1 fully saturated rings. The fourth-order valence-electron chi connectivity index (χ4n) is 1.07. The Kier molecular flexibility index (Phi) is 3.56. The highest BCUT2D eigenvalue weighted by Gasteiger charge is 2.22. The van der Waals surface area contributed by atoms with Crippen LogP contribution in [0, 0.1) is 10.1 Å². The van der Waals surface area contributed by atoms with Crippen molar-refractivity contribution in [2.24, 2.45) is 0 Å². The third-order valence-electron chi connectivity index (χ3n) is 1.58. The summed E-state index contributed by atoms with van der Waals surface area (Å²) in [4.78, 5) is 12.2. The van der Waals surface area contributed by atoms with Crippen LogP contribution < -0.4 is 5.32 Å². The van der Waals surface area contributed by atoms with Gasteiger partial charge >= 0.3 is 0 Å². The Morgan fingerprint density at radius 2 is 2.46 bits per heavy atom. The molecule has 0 amide bonds. The lowest BCUT2D eigenvalue weighted by molar-refractivity contribution is -0.428. The molecule has 0 saturated carbocycles. The monoisotopic (exact) mass is 203 g/mol. The van der Waals surface area contributed by atoms with E-state index >= 15 is 0 Å². The molecule has 5 nitrogen and oxygen atoms in total. The van der Waals surface area contributed by atoms with Gasteiger partial charge in [0.2, 0.25) is 0 Å². The van der Waals surface area contributed by atoms with Crippen molar-refractivity contribution in [3.8, 4) is 0 Å². The SMILES string of the molecule is CN(C)C/C(=C1\NCCS1)[N+](=O)[O-]. The van der Waals surface area contributed by atoms with E-state index in [4.69, 9.17) is 0 Å². The van der Waals surface area contributed by atoms with Crippen LogP contribution in [0.4, 0.5) is 0 Å². The summed E-state index contributed by atoms with van der Waals surface area (Å²) in [7, 11) is 3.65. The maximum absolute atomic E-state index is 10.7. The second-order valence-electron chi connectivity index (χ2n) is 3.05. The largest absolute Gasteiger partial charge is 0.374 e. The highest BCUT2D eigenvalue weighted by atomic mass is 32.2. The average molecular weight is 203 g/mol. The molecular weight excluding hydrogens is 190 g/mol. The second-order valence-corrected chi connectivity index (χ2v) is 4.15. The van der Waals surface area contributed by atoms with Crippen molar-refractivity contribution < 1.29 is 4.92 Å². The van der Waals surface area contributed by atoms with Crippen LogP contribution in [-0.4, -0.2) is 42.8 Å². The van der Waals surface area contributed by atoms with Crippen molar-refractivity contribution in [3.63, 3.8) is 0 Å². The molecule has 1 aliphatic rings. The summed E-state index contributed by atoms with van der Waals surface area (Å²) >= 11 is 1.52. The molecule has 1 N–H and O–H groups in total. The minimum absolute atomic E-state index is 0.271. The molecule has 0 aromatic carbocycles. The molecule has 1 aliphatic heterocycles. The molecular formula is C7H13N3O2S. The average Bonchev–Trinajstić information content (AvgIpc) is 2.50. The third-order valence-corrected chi connectivity index (χ3v) is 2.66. The molecule has 0 aliphatic carbocycles. The first-order chi connectivity index (χ1) is 6.11. The van der Waals surface area contributed by atoms with Crippen molar-refractivity contribution >= 4 is 11.8 Å². The van der Waals surface area contributed by atoms with E-state index in [1.54, 1.807) is 4.90 Å². The van der Waals surface area contributed by atoms with Crippen LogP contribution in [0.3, 0.4) is 0 Å². The predicted octanol–water partition coefficient (Wildman–Crippen LogP) is 0.330. The van der Waals surface area contributed by atoms with Crippen LogP contribution in [0.5, 0.6) is 0 Å². The third kappa shape index (κ3) is 2.89. The molecule has 1 rings (SSSR count). The van der Waals surface area contributed by atoms with E-state index in [0.29, 0.717) is 6.54 Å². The number of rotatable bonds is 3. The Labute approximate surface area is 81.3 Å². The van der Waals surface area contributed by atoms with E-state index < -0.39 is 0 Å². The second kappa shape index (κ2) is 4.48. The first-order valence-corrected chi connectivity index (χ1v) is 4.98. The number of nitrogens with zero attached hydrogens (tertiary/aromatic N) is 2. The molecule has 0 radical (unpaired) electrons. The van der Waals surface area contributed by atoms with Crippen LogP contribution in [0.15, 0.2) is 10.7 Å². The summed E-state index contributed by atoms with van der Waals surface area (Å²) in [5, 5.41) is 14.4. The van der Waals surface area contributed by atoms with Gasteiger partial charge in [-0.15, -0.1) is 11.8 Å². The molecule has 0 spiro atoms. The number of hydrogen-bond donors (Lipinski definition) is 1. The number of nitrogens with one attached hydrogen (secondary N) is 1. The molecule has 13 heavy (non-hydrogen) atoms. The quantitative estimate of drug-likeness (QED) is 0.529. The van der Waals surface area contributed by atoms with Crippen LogP contribution in [0.1, 0.15) is 0 Å². The maximum Gasteiger partial charge on any atom is 0.289 e. The Bertz CT molecular complexity index is 232. The van der Waals surface area contributed by atoms with E-state index in [-0.39, 0.29) is 10.6 Å². The van der Waals surface area contributed by atoms with Gasteiger partial charge in [0.25, 0.3) is 5.70 Å². The van der Waals surface area contributed by atoms with Crippen molar-refractivity contribution in [2.45, 2.75) is 0 Å². The summed E-state index contributed by atoms with van der Waals surface area (Å²) in [6.07, 6.45) is 0. The number of likely N-dealkylation sites (N-methyl/N-ethyl adjacent to an activating group) is 1.